The number of nitrogens with one attached hydrogen (secondary N) is 1. The molecule has 9 rings (SSSR count). The zero-order valence-electron chi connectivity index (χ0n) is 36.3. The molecule has 5 aromatic rings. The summed E-state index contributed by atoms with van der Waals surface area (Å²) in [5, 5.41) is 23.0. The zero-order valence-corrected chi connectivity index (χ0v) is 34.3. The van der Waals surface area contributed by atoms with E-state index in [0.717, 1.165) is 97.4 Å². The molecule has 308 valence electrons. The van der Waals surface area contributed by atoms with Gasteiger partial charge in [-0.1, -0.05) is 30.3 Å². The lowest BCUT2D eigenvalue weighted by Crippen LogP contribution is -2.43. The van der Waals surface area contributed by atoms with Gasteiger partial charge in [-0.3, -0.25) is 10.1 Å². The molecule has 2 unspecified atom stereocenters. The number of hydrogen-bond acceptors (Lipinski definition) is 10. The number of nitrogens with zero attached hydrogens (tertiary/aromatic N) is 7. The molecule has 0 spiro atoms. The Morgan fingerprint density at radius 1 is 0.932 bits per heavy atom. The number of nitrogen functional groups attached to an aromatic ring is 1. The number of anilines is 3. The van der Waals surface area contributed by atoms with Crippen molar-refractivity contribution in [1.82, 2.24) is 29.9 Å². The molecule has 6 heterocycles. The van der Waals surface area contributed by atoms with Crippen molar-refractivity contribution in [1.29, 1.82) is 0 Å². The predicted molar refractivity (Wildman–Crippen MR) is 235 cm³/mol. The maximum atomic E-state index is 14.0. The number of aromatic nitrogens is 3. The van der Waals surface area contributed by atoms with Crippen LogP contribution in [0.5, 0.6) is 5.75 Å². The Balaban J connectivity index is 0.792. The van der Waals surface area contributed by atoms with E-state index in [2.05, 4.69) is 74.1 Å². The summed E-state index contributed by atoms with van der Waals surface area (Å²) in [4.78, 5) is 22.8. The summed E-state index contributed by atoms with van der Waals surface area (Å²) in [6, 6.07) is 22.1. The average molecular weight is 798 g/mol. The third-order valence-corrected chi connectivity index (χ3v) is 12.9. The molecule has 4 aliphatic heterocycles. The molecule has 1 amide bonds. The van der Waals surface area contributed by atoms with Crippen molar-refractivity contribution >= 4 is 34.0 Å². The van der Waals surface area contributed by atoms with Gasteiger partial charge in [-0.2, -0.15) is 0 Å². The van der Waals surface area contributed by atoms with Gasteiger partial charge in [0.05, 0.1) is 37.2 Å². The van der Waals surface area contributed by atoms with Crippen molar-refractivity contribution in [2.45, 2.75) is 58.6 Å². The average Bonchev–Trinajstić information content (AvgIpc) is 3.61. The number of likely N-dealkylation sites (tertiary alicyclic amines) is 2. The van der Waals surface area contributed by atoms with E-state index in [-0.39, 0.29) is 17.8 Å². The fraction of sp³-hybridized carbons (Fsp3) is 0.426. The van der Waals surface area contributed by atoms with Gasteiger partial charge in [0, 0.05) is 88.2 Å². The highest BCUT2D eigenvalue weighted by atomic mass is 16.5. The molecule has 3 fully saturated rings. The van der Waals surface area contributed by atoms with E-state index in [9.17, 15) is 9.90 Å². The molecule has 3 aromatic carbocycles. The Labute approximate surface area is 350 Å². The number of aromatic hydroxyl groups is 1. The van der Waals surface area contributed by atoms with E-state index in [1.165, 1.54) is 11.2 Å². The highest BCUT2D eigenvalue weighted by Gasteiger charge is 2.31. The smallest absolute Gasteiger partial charge is 0.254 e. The van der Waals surface area contributed by atoms with Crippen molar-refractivity contribution in [3.05, 3.63) is 107 Å². The normalized spacial score (nSPS) is 22.8. The summed E-state index contributed by atoms with van der Waals surface area (Å²) < 4.78 is 25.3. The van der Waals surface area contributed by atoms with Crippen molar-refractivity contribution in [2.24, 2.45) is 5.92 Å². The summed E-state index contributed by atoms with van der Waals surface area (Å²) in [6.45, 7) is 11.5. The summed E-state index contributed by atoms with van der Waals surface area (Å²) in [7, 11) is 0. The Morgan fingerprint density at radius 2 is 1.75 bits per heavy atom. The zero-order chi connectivity index (χ0) is 42.4. The number of phenols is 1. The van der Waals surface area contributed by atoms with Crippen molar-refractivity contribution in [3.63, 3.8) is 0 Å². The molecular weight excluding hydrogens is 739 g/mol. The molecule has 12 heteroatoms. The topological polar surface area (TPSA) is 128 Å². The first-order valence-electron chi connectivity index (χ1n) is 22.3. The van der Waals surface area contributed by atoms with Crippen LogP contribution in [0.3, 0.4) is 0 Å². The summed E-state index contributed by atoms with van der Waals surface area (Å²) >= 11 is 0. The number of piperidine rings is 2. The van der Waals surface area contributed by atoms with E-state index in [0.29, 0.717) is 48.7 Å². The number of ether oxygens (including phenoxy) is 1. The molecule has 12 nitrogen and oxygen atoms in total. The van der Waals surface area contributed by atoms with Gasteiger partial charge < -0.3 is 39.7 Å². The number of morpholine rings is 1. The number of carbonyl (C=O) groups excluding carboxylic acids is 1. The number of hydrogen-bond donors (Lipinski definition) is 3. The van der Waals surface area contributed by atoms with Crippen LogP contribution < -0.4 is 20.9 Å². The highest BCUT2D eigenvalue weighted by Crippen LogP contribution is 2.37. The molecule has 4 N–H and O–H groups in total. The fourth-order valence-electron chi connectivity index (χ4n) is 9.74. The molecule has 0 radical (unpaired) electrons. The second kappa shape index (κ2) is 16.7. The Morgan fingerprint density at radius 3 is 2.54 bits per heavy atom. The van der Waals surface area contributed by atoms with Gasteiger partial charge in [0.25, 0.3) is 5.91 Å². The first-order chi connectivity index (χ1) is 29.5. The first kappa shape index (κ1) is 36.6. The summed E-state index contributed by atoms with van der Waals surface area (Å²) in [6.07, 6.45) is 7.63. The number of amides is 1. The molecule has 3 atom stereocenters. The molecule has 2 aromatic heterocycles. The number of rotatable bonds is 8. The SMILES string of the molecule is [2H]C1C=CN(c2cccc3c2cc(C)n3C2CCN(CC3CCN(C(=O)c4cc(C)c(C5CN(c6cc(-c7ccccc7O)nnc6N)CCO5)cc4C)CC3)CC2)[C@H]([2H])N1. The van der Waals surface area contributed by atoms with Crippen LogP contribution in [0.1, 0.15) is 73.3 Å². The number of nitrogens with two attached hydrogens (primary N) is 1. The minimum atomic E-state index is -0.697. The van der Waals surface area contributed by atoms with E-state index >= 15 is 0 Å². The first-order valence-corrected chi connectivity index (χ1v) is 21.1. The van der Waals surface area contributed by atoms with E-state index in [1.54, 1.807) is 18.2 Å². The van der Waals surface area contributed by atoms with Gasteiger partial charge in [-0.25, -0.2) is 0 Å². The standard InChI is InChI=1S/C47H57N9O3/c1-31-25-38(32(2)24-37(31)45-29-54(22-23-59-45)43-27-40(50-51-46(43)48)36-8-4-5-11-44(36)57)47(58)53-20-12-34(13-21-53)28-52-18-14-35(15-19-52)56-33(3)26-39-41(9-6-10-42(39)56)55-17-7-16-49-30-55/h4-11,17,24-27,34-35,45,49,57H,12-16,18-23,28-30H2,1-3H3,(H2,48,51)/i16D,30D/t16?,30-,45?/m1/s1. The van der Waals surface area contributed by atoms with Gasteiger partial charge in [0.1, 0.15) is 11.9 Å². The molecule has 0 bridgehead atoms. The lowest BCUT2D eigenvalue weighted by Gasteiger charge is -2.38. The van der Waals surface area contributed by atoms with E-state index in [4.69, 9.17) is 13.2 Å². The van der Waals surface area contributed by atoms with E-state index in [1.807, 2.05) is 47.2 Å². The number of phenolic OH excluding ortho intramolecular Hbond substituents is 1. The van der Waals surface area contributed by atoms with E-state index < -0.39 is 13.2 Å². The minimum Gasteiger partial charge on any atom is -0.507 e. The van der Waals surface area contributed by atoms with Crippen LogP contribution in [-0.4, -0.2) is 101 Å². The second-order valence-corrected chi connectivity index (χ2v) is 16.7. The second-order valence-electron chi connectivity index (χ2n) is 16.7. The quantitative estimate of drug-likeness (QED) is 0.152. The number of benzene rings is 3. The number of para-hydroxylation sites is 1. The molecule has 0 aliphatic carbocycles. The Hall–Kier alpha value is -5.43. The monoisotopic (exact) mass is 797 g/mol. The van der Waals surface area contributed by atoms with Gasteiger partial charge in [-0.05, 0) is 112 Å². The molecule has 4 aliphatic rings. The third-order valence-electron chi connectivity index (χ3n) is 12.9. The lowest BCUT2D eigenvalue weighted by atomic mass is 9.92. The Kier molecular flexibility index (Phi) is 10.4. The van der Waals surface area contributed by atoms with Crippen LogP contribution in [0.2, 0.25) is 0 Å². The van der Waals surface area contributed by atoms with Crippen LogP contribution >= 0.6 is 0 Å². The molecular formula is C47H57N9O3. The van der Waals surface area contributed by atoms with Crippen LogP contribution in [0.25, 0.3) is 22.2 Å². The number of aryl methyl sites for hydroxylation is 3. The van der Waals surface area contributed by atoms with Crippen LogP contribution in [0.15, 0.2) is 79.0 Å². The van der Waals surface area contributed by atoms with Crippen molar-refractivity contribution in [3.8, 4) is 17.0 Å². The predicted octanol–water partition coefficient (Wildman–Crippen LogP) is 6.96. The lowest BCUT2D eigenvalue weighted by molar-refractivity contribution is 0.0393. The highest BCUT2D eigenvalue weighted by molar-refractivity contribution is 5.96. The number of fused-ring (bicyclic) bond motifs is 1. The van der Waals surface area contributed by atoms with Gasteiger partial charge in [0.15, 0.2) is 5.82 Å². The van der Waals surface area contributed by atoms with Gasteiger partial charge in [-0.15, -0.1) is 10.2 Å². The third kappa shape index (κ3) is 7.89. The van der Waals surface area contributed by atoms with Crippen molar-refractivity contribution < 1.29 is 17.4 Å². The van der Waals surface area contributed by atoms with Gasteiger partial charge in [0.2, 0.25) is 0 Å². The van der Waals surface area contributed by atoms with Crippen LogP contribution in [0.4, 0.5) is 17.2 Å². The van der Waals surface area contributed by atoms with Crippen LogP contribution in [0, 0.1) is 26.7 Å². The summed E-state index contributed by atoms with van der Waals surface area (Å²) in [5.41, 5.74) is 15.5. The fourth-order valence-corrected chi connectivity index (χ4v) is 9.74. The van der Waals surface area contributed by atoms with Crippen molar-refractivity contribution in [2.75, 3.05) is 81.1 Å². The maximum Gasteiger partial charge on any atom is 0.254 e. The molecule has 3 saturated heterocycles. The van der Waals surface area contributed by atoms with Gasteiger partial charge >= 0.3 is 0 Å². The molecule has 0 saturated carbocycles. The largest absolute Gasteiger partial charge is 0.507 e. The molecule has 59 heavy (non-hydrogen) atoms. The Bertz CT molecular complexity index is 2440. The maximum absolute atomic E-state index is 14.0. The number of carbonyl (C=O) groups is 1. The van der Waals surface area contributed by atoms with Crippen LogP contribution in [-0.2, 0) is 4.74 Å². The minimum absolute atomic E-state index is 0.105. The summed E-state index contributed by atoms with van der Waals surface area (Å²) in [5.74, 6) is 1.14.